The average molecular weight is 381 g/mol. The number of ether oxygens (including phenoxy) is 1. The second-order valence-electron chi connectivity index (χ2n) is 5.94. The second kappa shape index (κ2) is 7.51. The van der Waals surface area contributed by atoms with Gasteiger partial charge in [-0.05, 0) is 30.5 Å². The van der Waals surface area contributed by atoms with E-state index in [0.29, 0.717) is 12.5 Å². The minimum Gasteiger partial charge on any atom is -0.460 e. The zero-order valence-electron chi connectivity index (χ0n) is 13.8. The molecule has 1 atom stereocenters. The van der Waals surface area contributed by atoms with Crippen molar-refractivity contribution in [3.05, 3.63) is 65.7 Å². The van der Waals surface area contributed by atoms with Crippen LogP contribution in [0.3, 0.4) is 0 Å². The largest absolute Gasteiger partial charge is 0.460 e. The smallest absolute Gasteiger partial charge is 0.324 e. The van der Waals surface area contributed by atoms with Crippen molar-refractivity contribution >= 4 is 16.0 Å². The third-order valence-corrected chi connectivity index (χ3v) is 6.12. The number of rotatable bonds is 5. The summed E-state index contributed by atoms with van der Waals surface area (Å²) in [5.41, 5.74) is 0.776. The normalized spacial score (nSPS) is 18.0. The molecule has 1 aliphatic heterocycles. The lowest BCUT2D eigenvalue weighted by molar-refractivity contribution is -0.148. The van der Waals surface area contributed by atoms with E-state index in [0.717, 1.165) is 22.0 Å². The van der Waals surface area contributed by atoms with Crippen LogP contribution in [0.4, 0.5) is 8.78 Å². The van der Waals surface area contributed by atoms with Crippen LogP contribution in [0.15, 0.2) is 53.4 Å². The third-order valence-electron chi connectivity index (χ3n) is 4.18. The molecule has 0 N–H and O–H groups in total. The molecule has 26 heavy (non-hydrogen) atoms. The Hall–Kier alpha value is -2.32. The van der Waals surface area contributed by atoms with Crippen molar-refractivity contribution in [1.82, 2.24) is 4.31 Å². The van der Waals surface area contributed by atoms with Crippen LogP contribution in [0.25, 0.3) is 0 Å². The Labute approximate surface area is 150 Å². The van der Waals surface area contributed by atoms with Crippen molar-refractivity contribution in [2.24, 2.45) is 0 Å². The van der Waals surface area contributed by atoms with E-state index in [1.165, 1.54) is 0 Å². The van der Waals surface area contributed by atoms with Gasteiger partial charge in [0.15, 0.2) is 0 Å². The Kier molecular flexibility index (Phi) is 5.33. The van der Waals surface area contributed by atoms with E-state index in [1.54, 1.807) is 24.3 Å². The van der Waals surface area contributed by atoms with Gasteiger partial charge in [0.1, 0.15) is 29.2 Å². The molecule has 3 rings (SSSR count). The molecular weight excluding hydrogens is 364 g/mol. The zero-order chi connectivity index (χ0) is 18.7. The zero-order valence-corrected chi connectivity index (χ0v) is 14.6. The lowest BCUT2D eigenvalue weighted by atomic mass is 10.2. The molecule has 1 unspecified atom stereocenters. The second-order valence-corrected chi connectivity index (χ2v) is 7.80. The maximum Gasteiger partial charge on any atom is 0.324 e. The van der Waals surface area contributed by atoms with Crippen molar-refractivity contribution in [3.63, 3.8) is 0 Å². The first-order chi connectivity index (χ1) is 12.4. The Morgan fingerprint density at radius 2 is 1.88 bits per heavy atom. The maximum absolute atomic E-state index is 13.9. The Balaban J connectivity index is 1.77. The fourth-order valence-corrected chi connectivity index (χ4v) is 4.59. The summed E-state index contributed by atoms with van der Waals surface area (Å²) in [5.74, 6) is -2.74. The predicted molar refractivity (Wildman–Crippen MR) is 89.5 cm³/mol. The van der Waals surface area contributed by atoms with Gasteiger partial charge in [0, 0.05) is 12.6 Å². The Morgan fingerprint density at radius 3 is 2.58 bits per heavy atom. The molecule has 1 aliphatic rings. The van der Waals surface area contributed by atoms with Gasteiger partial charge in [-0.2, -0.15) is 4.31 Å². The number of nitrogens with zero attached hydrogens (tertiary/aromatic N) is 1. The van der Waals surface area contributed by atoms with Gasteiger partial charge in [-0.3, -0.25) is 4.79 Å². The minimum atomic E-state index is -4.27. The lowest BCUT2D eigenvalue weighted by Crippen LogP contribution is -2.41. The summed E-state index contributed by atoms with van der Waals surface area (Å²) < 4.78 is 58.6. The fourth-order valence-electron chi connectivity index (χ4n) is 2.90. The number of hydrogen-bond acceptors (Lipinski definition) is 4. The summed E-state index contributed by atoms with van der Waals surface area (Å²) in [6.07, 6.45) is 0.739. The summed E-state index contributed by atoms with van der Waals surface area (Å²) in [5, 5.41) is 0. The molecular formula is C18H17F2NO4S. The molecule has 1 fully saturated rings. The van der Waals surface area contributed by atoms with Crippen molar-refractivity contribution in [1.29, 1.82) is 0 Å². The molecule has 1 saturated heterocycles. The highest BCUT2D eigenvalue weighted by molar-refractivity contribution is 7.89. The first-order valence-electron chi connectivity index (χ1n) is 8.07. The van der Waals surface area contributed by atoms with Crippen LogP contribution in [0.2, 0.25) is 0 Å². The molecule has 2 aromatic carbocycles. The van der Waals surface area contributed by atoms with Gasteiger partial charge in [-0.15, -0.1) is 0 Å². The summed E-state index contributed by atoms with van der Waals surface area (Å²) in [7, 11) is -4.27. The molecule has 2 aromatic rings. The first-order valence-corrected chi connectivity index (χ1v) is 9.51. The summed E-state index contributed by atoms with van der Waals surface area (Å²) in [6.45, 7) is 0.0965. The van der Waals surface area contributed by atoms with Crippen molar-refractivity contribution in [3.8, 4) is 0 Å². The van der Waals surface area contributed by atoms with Crippen LogP contribution >= 0.6 is 0 Å². The standard InChI is InChI=1S/C18H17F2NO4S/c19-14-8-9-17(15(20)11-14)26(23,24)21-10-4-7-16(21)18(22)25-12-13-5-2-1-3-6-13/h1-3,5-6,8-9,11,16H,4,7,10,12H2. The van der Waals surface area contributed by atoms with Crippen LogP contribution in [0, 0.1) is 11.6 Å². The highest BCUT2D eigenvalue weighted by Gasteiger charge is 2.41. The average Bonchev–Trinajstić information content (AvgIpc) is 3.11. The van der Waals surface area contributed by atoms with E-state index < -0.39 is 38.6 Å². The van der Waals surface area contributed by atoms with Gasteiger partial charge in [0.05, 0.1) is 0 Å². The van der Waals surface area contributed by atoms with Gasteiger partial charge in [-0.25, -0.2) is 17.2 Å². The molecule has 0 aliphatic carbocycles. The van der Waals surface area contributed by atoms with Crippen LogP contribution in [0.5, 0.6) is 0 Å². The maximum atomic E-state index is 13.9. The number of benzene rings is 2. The van der Waals surface area contributed by atoms with Gasteiger partial charge < -0.3 is 4.74 Å². The van der Waals surface area contributed by atoms with Crippen molar-refractivity contribution in [2.75, 3.05) is 6.54 Å². The van der Waals surface area contributed by atoms with Gasteiger partial charge in [0.2, 0.25) is 10.0 Å². The van der Waals surface area contributed by atoms with Crippen LogP contribution < -0.4 is 0 Å². The molecule has 0 spiro atoms. The molecule has 5 nitrogen and oxygen atoms in total. The molecule has 138 valence electrons. The van der Waals surface area contributed by atoms with E-state index in [2.05, 4.69) is 0 Å². The summed E-state index contributed by atoms with van der Waals surface area (Å²) in [6, 6.07) is 10.2. The van der Waals surface area contributed by atoms with Crippen LogP contribution in [0.1, 0.15) is 18.4 Å². The van der Waals surface area contributed by atoms with Gasteiger partial charge >= 0.3 is 5.97 Å². The number of carbonyl (C=O) groups is 1. The number of sulfonamides is 1. The Morgan fingerprint density at radius 1 is 1.15 bits per heavy atom. The monoisotopic (exact) mass is 381 g/mol. The number of esters is 1. The number of halogens is 2. The topological polar surface area (TPSA) is 63.7 Å². The minimum absolute atomic E-state index is 0.0228. The first kappa shape index (κ1) is 18.5. The molecule has 0 saturated carbocycles. The van der Waals surface area contributed by atoms with Crippen molar-refractivity contribution in [2.45, 2.75) is 30.4 Å². The highest BCUT2D eigenvalue weighted by Crippen LogP contribution is 2.28. The predicted octanol–water partition coefficient (Wildman–Crippen LogP) is 2.86. The van der Waals surface area contributed by atoms with E-state index in [4.69, 9.17) is 4.74 Å². The summed E-state index contributed by atoms with van der Waals surface area (Å²) >= 11 is 0. The SMILES string of the molecule is O=C(OCc1ccccc1)C1CCCN1S(=O)(=O)c1ccc(F)cc1F. The van der Waals surface area contributed by atoms with Gasteiger partial charge in [-0.1, -0.05) is 30.3 Å². The Bertz CT molecular complexity index is 903. The fraction of sp³-hybridized carbons (Fsp3) is 0.278. The quantitative estimate of drug-likeness (QED) is 0.747. The third kappa shape index (κ3) is 3.76. The van der Waals surface area contributed by atoms with Crippen molar-refractivity contribution < 1.29 is 26.7 Å². The highest BCUT2D eigenvalue weighted by atomic mass is 32.2. The molecule has 8 heteroatoms. The van der Waals surface area contributed by atoms with Gasteiger partial charge in [0.25, 0.3) is 0 Å². The van der Waals surface area contributed by atoms with Crippen LogP contribution in [-0.4, -0.2) is 31.3 Å². The summed E-state index contributed by atoms with van der Waals surface area (Å²) in [4.78, 5) is 11.7. The van der Waals surface area contributed by atoms with E-state index in [1.807, 2.05) is 6.07 Å². The lowest BCUT2D eigenvalue weighted by Gasteiger charge is -2.23. The molecule has 0 bridgehead atoms. The van der Waals surface area contributed by atoms with E-state index in [-0.39, 0.29) is 19.6 Å². The molecule has 1 heterocycles. The van der Waals surface area contributed by atoms with E-state index in [9.17, 15) is 22.0 Å². The molecule has 0 amide bonds. The number of carbonyl (C=O) groups excluding carboxylic acids is 1. The van der Waals surface area contributed by atoms with E-state index >= 15 is 0 Å². The van der Waals surface area contributed by atoms with Crippen LogP contribution in [-0.2, 0) is 26.2 Å². The molecule has 0 radical (unpaired) electrons. The number of hydrogen-bond donors (Lipinski definition) is 0. The molecule has 0 aromatic heterocycles.